The molecule has 0 bridgehead atoms. The van der Waals surface area contributed by atoms with Crippen molar-refractivity contribution in [3.05, 3.63) is 29.6 Å². The van der Waals surface area contributed by atoms with Gasteiger partial charge in [-0.1, -0.05) is 18.9 Å². The topological polar surface area (TPSA) is 52.6 Å². The minimum atomic E-state index is -0.469. The fraction of sp³-hybridized carbons (Fsp3) is 0.588. The lowest BCUT2D eigenvalue weighted by atomic mass is 9.80. The molecule has 0 aromatic heterocycles. The number of β-amino-alcohol motifs (C(OH)–C–C–N with tert-alkyl or cyclic N) is 1. The second-order valence-corrected chi connectivity index (χ2v) is 6.90. The summed E-state index contributed by atoms with van der Waals surface area (Å²) < 4.78 is 14.5. The normalized spacial score (nSPS) is 28.0. The van der Waals surface area contributed by atoms with Gasteiger partial charge in [-0.25, -0.2) is 4.39 Å². The third kappa shape index (κ3) is 2.55. The molecule has 1 aromatic carbocycles. The largest absolute Gasteiger partial charge is 0.392 e. The number of anilines is 1. The Kier molecular flexibility index (Phi) is 4.38. The van der Waals surface area contributed by atoms with Gasteiger partial charge >= 0.3 is 0 Å². The van der Waals surface area contributed by atoms with E-state index in [-0.39, 0.29) is 35.6 Å². The summed E-state index contributed by atoms with van der Waals surface area (Å²) in [5, 5.41) is 12.7. The molecule has 1 saturated heterocycles. The molecule has 2 unspecified atom stereocenters. The Hall–Kier alpha value is -1.17. The molecular formula is C17H22ClFN2O2. The average molecular weight is 341 g/mol. The number of nitrogens with zero attached hydrogens (tertiary/aromatic N) is 1. The molecule has 1 amide bonds. The highest BCUT2D eigenvalue weighted by atomic mass is 35.5. The highest BCUT2D eigenvalue weighted by Crippen LogP contribution is 2.51. The van der Waals surface area contributed by atoms with Gasteiger partial charge in [-0.3, -0.25) is 4.79 Å². The Morgan fingerprint density at radius 2 is 2.09 bits per heavy atom. The number of amides is 1. The predicted molar refractivity (Wildman–Crippen MR) is 88.6 cm³/mol. The summed E-state index contributed by atoms with van der Waals surface area (Å²) in [7, 11) is 0. The molecule has 2 fully saturated rings. The van der Waals surface area contributed by atoms with Gasteiger partial charge in [0.15, 0.2) is 0 Å². The zero-order valence-corrected chi connectivity index (χ0v) is 13.7. The summed E-state index contributed by atoms with van der Waals surface area (Å²) in [6.45, 7) is 1.03. The van der Waals surface area contributed by atoms with Crippen LogP contribution in [0.15, 0.2) is 18.2 Å². The lowest BCUT2D eigenvalue weighted by molar-refractivity contribution is -0.120. The Morgan fingerprint density at radius 3 is 2.74 bits per heavy atom. The molecule has 4 rings (SSSR count). The molecule has 2 atom stereocenters. The maximum Gasteiger partial charge on any atom is 0.244 e. The summed E-state index contributed by atoms with van der Waals surface area (Å²) in [5.74, 6) is -0.221. The highest BCUT2D eigenvalue weighted by Gasteiger charge is 2.49. The number of nitrogens with one attached hydrogen (secondary N) is 1. The molecule has 1 aliphatic carbocycles. The first-order chi connectivity index (χ1) is 10.6. The van der Waals surface area contributed by atoms with Crippen LogP contribution in [0.3, 0.4) is 0 Å². The van der Waals surface area contributed by atoms with E-state index in [1.54, 1.807) is 11.0 Å². The van der Waals surface area contributed by atoms with E-state index in [0.717, 1.165) is 36.9 Å². The van der Waals surface area contributed by atoms with Gasteiger partial charge in [0, 0.05) is 24.1 Å². The van der Waals surface area contributed by atoms with Gasteiger partial charge in [0.05, 0.1) is 17.8 Å². The Bertz CT molecular complexity index is 619. The van der Waals surface area contributed by atoms with Crippen LogP contribution < -0.4 is 10.2 Å². The molecule has 126 valence electrons. The molecule has 1 aromatic rings. The van der Waals surface area contributed by atoms with Crippen molar-refractivity contribution in [3.63, 3.8) is 0 Å². The number of hydrogen-bond donors (Lipinski definition) is 2. The van der Waals surface area contributed by atoms with Crippen molar-refractivity contribution in [1.82, 2.24) is 5.32 Å². The zero-order chi connectivity index (χ0) is 15.3. The van der Waals surface area contributed by atoms with Crippen LogP contribution in [0.2, 0.25) is 0 Å². The van der Waals surface area contributed by atoms with Crippen molar-refractivity contribution >= 4 is 24.0 Å². The van der Waals surface area contributed by atoms with Crippen LogP contribution in [0.1, 0.15) is 37.7 Å². The third-order valence-corrected chi connectivity index (χ3v) is 5.51. The van der Waals surface area contributed by atoms with Crippen molar-refractivity contribution in [2.24, 2.45) is 0 Å². The molecule has 0 radical (unpaired) electrons. The summed E-state index contributed by atoms with van der Waals surface area (Å²) in [6, 6.07) is 4.68. The first-order valence-corrected chi connectivity index (χ1v) is 8.13. The molecule has 2 N–H and O–H groups in total. The van der Waals surface area contributed by atoms with Gasteiger partial charge in [0.2, 0.25) is 5.91 Å². The van der Waals surface area contributed by atoms with Crippen LogP contribution >= 0.6 is 12.4 Å². The number of aliphatic hydroxyl groups excluding tert-OH is 1. The molecule has 4 nitrogen and oxygen atoms in total. The summed E-state index contributed by atoms with van der Waals surface area (Å²) >= 11 is 0. The fourth-order valence-electron chi connectivity index (χ4n) is 4.48. The molecule has 2 heterocycles. The molecule has 3 aliphatic rings. The minimum absolute atomic E-state index is 0. The van der Waals surface area contributed by atoms with Crippen LogP contribution in [0, 0.1) is 5.82 Å². The number of rotatable bonds is 1. The zero-order valence-electron chi connectivity index (χ0n) is 12.9. The van der Waals surface area contributed by atoms with Crippen molar-refractivity contribution in [2.45, 2.75) is 49.7 Å². The molecular weight excluding hydrogens is 319 g/mol. The van der Waals surface area contributed by atoms with E-state index >= 15 is 0 Å². The second-order valence-electron chi connectivity index (χ2n) is 6.90. The number of benzene rings is 1. The number of fused-ring (bicyclic) bond motifs is 2. The molecule has 1 spiro atoms. The van der Waals surface area contributed by atoms with E-state index in [2.05, 4.69) is 5.32 Å². The smallest absolute Gasteiger partial charge is 0.244 e. The fourth-order valence-corrected chi connectivity index (χ4v) is 4.48. The number of aliphatic hydroxyl groups is 1. The van der Waals surface area contributed by atoms with Gasteiger partial charge in [0.25, 0.3) is 0 Å². The minimum Gasteiger partial charge on any atom is -0.392 e. The molecule has 6 heteroatoms. The SMILES string of the molecule is Cl.O=C(C1CC(O)CN1)N1CC2(CCCC2)c2c(F)cccc21. The van der Waals surface area contributed by atoms with Gasteiger partial charge in [-0.2, -0.15) is 0 Å². The van der Waals surface area contributed by atoms with Gasteiger partial charge in [0.1, 0.15) is 5.82 Å². The number of carbonyl (C=O) groups is 1. The third-order valence-electron chi connectivity index (χ3n) is 5.51. The van der Waals surface area contributed by atoms with E-state index in [1.807, 2.05) is 6.07 Å². The average Bonchev–Trinajstić information content (AvgIpc) is 3.20. The second kappa shape index (κ2) is 6.04. The lowest BCUT2D eigenvalue weighted by Crippen LogP contribution is -2.45. The Morgan fingerprint density at radius 1 is 1.35 bits per heavy atom. The standard InChI is InChI=1S/C17H21FN2O2.ClH/c18-12-4-3-5-14-15(12)17(6-1-2-7-17)10-20(14)16(22)13-8-11(21)9-19-13;/h3-5,11,13,19,21H,1-2,6-10H2;1H. The first kappa shape index (κ1) is 16.7. The van der Waals surface area contributed by atoms with Gasteiger partial charge in [-0.05, 0) is 31.4 Å². The van der Waals surface area contributed by atoms with E-state index in [4.69, 9.17) is 0 Å². The number of hydrogen-bond acceptors (Lipinski definition) is 3. The maximum atomic E-state index is 14.5. The Balaban J connectivity index is 0.00000156. The monoisotopic (exact) mass is 340 g/mol. The number of halogens is 2. The van der Waals surface area contributed by atoms with E-state index < -0.39 is 6.10 Å². The van der Waals surface area contributed by atoms with E-state index in [1.165, 1.54) is 6.07 Å². The number of carbonyl (C=O) groups excluding carboxylic acids is 1. The van der Waals surface area contributed by atoms with Gasteiger partial charge in [-0.15, -0.1) is 12.4 Å². The van der Waals surface area contributed by atoms with Crippen molar-refractivity contribution in [2.75, 3.05) is 18.0 Å². The quantitative estimate of drug-likeness (QED) is 0.823. The Labute approximate surface area is 141 Å². The lowest BCUT2D eigenvalue weighted by Gasteiger charge is -2.26. The van der Waals surface area contributed by atoms with Crippen LogP contribution in [-0.4, -0.2) is 36.2 Å². The summed E-state index contributed by atoms with van der Waals surface area (Å²) in [5.41, 5.74) is 1.27. The maximum absolute atomic E-state index is 14.5. The van der Waals surface area contributed by atoms with Crippen LogP contribution in [0.25, 0.3) is 0 Å². The highest BCUT2D eigenvalue weighted by molar-refractivity contribution is 6.00. The van der Waals surface area contributed by atoms with Crippen LogP contribution in [0.4, 0.5) is 10.1 Å². The predicted octanol–water partition coefficient (Wildman–Crippen LogP) is 2.13. The first-order valence-electron chi connectivity index (χ1n) is 8.13. The van der Waals surface area contributed by atoms with Crippen LogP contribution in [-0.2, 0) is 10.2 Å². The van der Waals surface area contributed by atoms with Crippen molar-refractivity contribution in [3.8, 4) is 0 Å². The summed E-state index contributed by atoms with van der Waals surface area (Å²) in [6.07, 6.45) is 4.06. The van der Waals surface area contributed by atoms with E-state index in [9.17, 15) is 14.3 Å². The van der Waals surface area contributed by atoms with Crippen molar-refractivity contribution < 1.29 is 14.3 Å². The molecule has 1 saturated carbocycles. The van der Waals surface area contributed by atoms with E-state index in [0.29, 0.717) is 19.5 Å². The van der Waals surface area contributed by atoms with Gasteiger partial charge < -0.3 is 15.3 Å². The van der Waals surface area contributed by atoms with Crippen LogP contribution in [0.5, 0.6) is 0 Å². The molecule has 2 aliphatic heterocycles. The molecule has 23 heavy (non-hydrogen) atoms. The summed E-state index contributed by atoms with van der Waals surface area (Å²) in [4.78, 5) is 14.6. The van der Waals surface area contributed by atoms with Crippen molar-refractivity contribution in [1.29, 1.82) is 0 Å².